The van der Waals surface area contributed by atoms with Crippen LogP contribution < -0.4 is 0 Å². The highest BCUT2D eigenvalue weighted by molar-refractivity contribution is 5.82. The monoisotopic (exact) mass is 674 g/mol. The fraction of sp³-hybridized carbons (Fsp3) is 0.622. The van der Waals surface area contributed by atoms with E-state index in [1.54, 1.807) is 38.2 Å². The van der Waals surface area contributed by atoms with E-state index in [2.05, 4.69) is 17.7 Å². The van der Waals surface area contributed by atoms with Crippen LogP contribution in [0.3, 0.4) is 0 Å². The maximum Gasteiger partial charge on any atom is 0.330 e. The lowest BCUT2D eigenvalue weighted by molar-refractivity contribution is -0.344. The average molecular weight is 675 g/mol. The molecule has 2 heterocycles. The number of allylic oxidation sites excluding steroid dienone is 4. The number of hydrogen-bond donors (Lipinski definition) is 3. The van der Waals surface area contributed by atoms with Crippen LogP contribution >= 0.6 is 0 Å². The summed E-state index contributed by atoms with van der Waals surface area (Å²) in [6, 6.07) is 0. The zero-order chi connectivity index (χ0) is 35.9. The van der Waals surface area contributed by atoms with Crippen molar-refractivity contribution in [3.63, 3.8) is 0 Å². The number of carboxylic acids is 2. The minimum atomic E-state index is -1.09. The van der Waals surface area contributed by atoms with Crippen LogP contribution in [0.25, 0.3) is 0 Å². The van der Waals surface area contributed by atoms with Gasteiger partial charge in [0.1, 0.15) is 11.7 Å². The lowest BCUT2D eigenvalue weighted by atomic mass is 9.78. The van der Waals surface area contributed by atoms with Crippen molar-refractivity contribution in [2.75, 3.05) is 7.11 Å². The molecule has 2 saturated heterocycles. The van der Waals surface area contributed by atoms with E-state index in [-0.39, 0.29) is 30.8 Å². The molecule has 0 bridgehead atoms. The molecule has 0 unspecified atom stereocenters. The summed E-state index contributed by atoms with van der Waals surface area (Å²) < 4.78 is 24.2. The fourth-order valence-corrected chi connectivity index (χ4v) is 5.87. The topological polar surface area (TPSA) is 166 Å². The van der Waals surface area contributed by atoms with Crippen molar-refractivity contribution in [3.8, 4) is 0 Å². The van der Waals surface area contributed by atoms with Crippen LogP contribution in [0.15, 0.2) is 59.8 Å². The first-order valence-electron chi connectivity index (χ1n) is 16.8. The van der Waals surface area contributed by atoms with Gasteiger partial charge < -0.3 is 34.3 Å². The number of hydrogen-bond acceptors (Lipinski definition) is 9. The highest BCUT2D eigenvalue weighted by atomic mass is 16.7. The van der Waals surface area contributed by atoms with Gasteiger partial charge in [-0.3, -0.25) is 9.59 Å². The number of ether oxygens (including phenoxy) is 4. The number of rotatable bonds is 17. The van der Waals surface area contributed by atoms with E-state index in [9.17, 15) is 29.4 Å². The fourth-order valence-electron chi connectivity index (χ4n) is 5.87. The van der Waals surface area contributed by atoms with Crippen LogP contribution in [0.1, 0.15) is 98.8 Å². The molecule has 2 aliphatic rings. The predicted molar refractivity (Wildman–Crippen MR) is 180 cm³/mol. The summed E-state index contributed by atoms with van der Waals surface area (Å²) in [6.45, 7) is 9.56. The molecule has 0 saturated carbocycles. The standard InChI is InChI=1S/C37H54O11/c1-7-8-20-36(48-35(44)18-16-32(39)40)22-23-37(47-31(36)15-11-26(3)24-33(41)42)21-19-28(5)30(46-37)14-10-25(2)9-13-29(38)27(4)12-17-34(43)45-6/h9-13,15,17,24,27-31,38H,7-8,14,16,18-23H2,1-6H3,(H,39,40)(H,41,42)/t27-,28-,29-,30+,31-,36+,37-/m0/s1. The second-order valence-corrected chi connectivity index (χ2v) is 13.0. The largest absolute Gasteiger partial charge is 0.481 e. The van der Waals surface area contributed by atoms with E-state index >= 15 is 0 Å². The Labute approximate surface area is 284 Å². The molecule has 48 heavy (non-hydrogen) atoms. The van der Waals surface area contributed by atoms with Crippen molar-refractivity contribution in [1.29, 1.82) is 0 Å². The normalized spacial score (nSPS) is 28.2. The van der Waals surface area contributed by atoms with Crippen molar-refractivity contribution in [1.82, 2.24) is 0 Å². The maximum absolute atomic E-state index is 12.9. The first-order valence-corrected chi connectivity index (χ1v) is 16.8. The number of carbonyl (C=O) groups excluding carboxylic acids is 2. The van der Waals surface area contributed by atoms with Gasteiger partial charge in [0.15, 0.2) is 5.79 Å². The van der Waals surface area contributed by atoms with E-state index in [4.69, 9.17) is 19.3 Å². The molecule has 1 spiro atoms. The maximum atomic E-state index is 12.9. The molecule has 0 radical (unpaired) electrons. The Morgan fingerprint density at radius 1 is 0.979 bits per heavy atom. The van der Waals surface area contributed by atoms with Gasteiger partial charge in [0.2, 0.25) is 0 Å². The Morgan fingerprint density at radius 3 is 2.35 bits per heavy atom. The molecule has 268 valence electrons. The molecule has 3 N–H and O–H groups in total. The zero-order valence-corrected chi connectivity index (χ0v) is 29.2. The summed E-state index contributed by atoms with van der Waals surface area (Å²) >= 11 is 0. The van der Waals surface area contributed by atoms with E-state index in [1.165, 1.54) is 13.2 Å². The molecule has 0 aromatic carbocycles. The minimum absolute atomic E-state index is 0.173. The molecule has 0 aromatic rings. The second-order valence-electron chi connectivity index (χ2n) is 13.0. The van der Waals surface area contributed by atoms with Crippen molar-refractivity contribution in [3.05, 3.63) is 59.8 Å². The molecule has 11 heteroatoms. The molecule has 0 aromatic heterocycles. The van der Waals surface area contributed by atoms with Crippen molar-refractivity contribution >= 4 is 23.9 Å². The number of aliphatic carboxylic acids is 2. The van der Waals surface area contributed by atoms with Gasteiger partial charge in [0, 0.05) is 30.9 Å². The molecule has 2 aliphatic heterocycles. The third-order valence-electron chi connectivity index (χ3n) is 8.97. The summed E-state index contributed by atoms with van der Waals surface area (Å²) in [6.07, 6.45) is 15.6. The van der Waals surface area contributed by atoms with Crippen LogP contribution in [0.4, 0.5) is 0 Å². The third kappa shape index (κ3) is 13.2. The minimum Gasteiger partial charge on any atom is -0.481 e. The Kier molecular flexibility index (Phi) is 16.5. The number of aliphatic hydroxyl groups is 1. The smallest absolute Gasteiger partial charge is 0.330 e. The number of carbonyl (C=O) groups is 4. The number of esters is 2. The Morgan fingerprint density at radius 2 is 1.71 bits per heavy atom. The molecule has 7 atom stereocenters. The summed E-state index contributed by atoms with van der Waals surface area (Å²) in [5.74, 6) is -4.27. The first-order chi connectivity index (χ1) is 22.6. The van der Waals surface area contributed by atoms with E-state index in [0.29, 0.717) is 37.7 Å². The van der Waals surface area contributed by atoms with E-state index in [0.717, 1.165) is 30.9 Å². The van der Waals surface area contributed by atoms with Crippen molar-refractivity contribution < 1.29 is 53.4 Å². The zero-order valence-electron chi connectivity index (χ0n) is 29.2. The SMILES string of the molecule is CCCC[C@@]1(OC(=O)CCC(=O)O)CC[C@]2(CC[C@H](C)[C@@H](CC=C(C)C=C[C@H](O)[C@@H](C)C=CC(=O)OC)O2)O[C@H]1C=CC(C)=CC(=O)O. The molecule has 0 amide bonds. The predicted octanol–water partition coefficient (Wildman–Crippen LogP) is 6.22. The molecule has 2 fully saturated rings. The van der Waals surface area contributed by atoms with Gasteiger partial charge in [0.25, 0.3) is 0 Å². The van der Waals surface area contributed by atoms with Crippen molar-refractivity contribution in [2.45, 2.75) is 129 Å². The first kappa shape index (κ1) is 40.6. The molecule has 2 rings (SSSR count). The second kappa shape index (κ2) is 19.5. The quantitative estimate of drug-likeness (QED) is 0.0911. The van der Waals surface area contributed by atoms with Gasteiger partial charge >= 0.3 is 23.9 Å². The summed E-state index contributed by atoms with van der Waals surface area (Å²) in [7, 11) is 1.30. The average Bonchev–Trinajstić information content (AvgIpc) is 3.04. The molecule has 11 nitrogen and oxygen atoms in total. The lowest BCUT2D eigenvalue weighted by Crippen LogP contribution is -2.59. The number of carboxylic acid groups (broad SMARTS) is 2. The Hall–Kier alpha value is -3.54. The molecular formula is C37H54O11. The van der Waals surface area contributed by atoms with Gasteiger partial charge in [-0.15, -0.1) is 0 Å². The number of unbranched alkanes of at least 4 members (excludes halogenated alkanes) is 1. The summed E-state index contributed by atoms with van der Waals surface area (Å²) in [5.41, 5.74) is 0.354. The number of methoxy groups -OCH3 is 1. The third-order valence-corrected chi connectivity index (χ3v) is 8.97. The van der Waals surface area contributed by atoms with E-state index < -0.39 is 47.5 Å². The highest BCUT2D eigenvalue weighted by Crippen LogP contribution is 2.48. The van der Waals surface area contributed by atoms with Gasteiger partial charge in [-0.25, -0.2) is 9.59 Å². The van der Waals surface area contributed by atoms with Gasteiger partial charge in [0.05, 0.1) is 32.2 Å². The van der Waals surface area contributed by atoms with Gasteiger partial charge in [-0.05, 0) is 57.4 Å². The van der Waals surface area contributed by atoms with Crippen LogP contribution in [0.2, 0.25) is 0 Å². The van der Waals surface area contributed by atoms with Gasteiger partial charge in [-0.2, -0.15) is 0 Å². The molecular weight excluding hydrogens is 620 g/mol. The highest BCUT2D eigenvalue weighted by Gasteiger charge is 2.54. The Bertz CT molecular complexity index is 1260. The van der Waals surface area contributed by atoms with Crippen molar-refractivity contribution in [2.24, 2.45) is 11.8 Å². The number of aliphatic hydroxyl groups excluding tert-OH is 1. The van der Waals surface area contributed by atoms with E-state index in [1.807, 2.05) is 19.9 Å². The lowest BCUT2D eigenvalue weighted by Gasteiger charge is -2.53. The van der Waals surface area contributed by atoms with Crippen LogP contribution in [0, 0.1) is 11.8 Å². The van der Waals surface area contributed by atoms with Crippen LogP contribution in [0.5, 0.6) is 0 Å². The van der Waals surface area contributed by atoms with Crippen LogP contribution in [-0.2, 0) is 38.1 Å². The van der Waals surface area contributed by atoms with Gasteiger partial charge in [-0.1, -0.05) is 69.2 Å². The molecule has 0 aliphatic carbocycles. The summed E-state index contributed by atoms with van der Waals surface area (Å²) in [5, 5.41) is 28.8. The Balaban J connectivity index is 2.29. The van der Waals surface area contributed by atoms with Crippen LogP contribution in [-0.4, -0.2) is 76.0 Å². The summed E-state index contributed by atoms with van der Waals surface area (Å²) in [4.78, 5) is 46.6.